The lowest BCUT2D eigenvalue weighted by Gasteiger charge is -2.46. The van der Waals surface area contributed by atoms with Crippen LogP contribution in [0, 0.1) is 11.8 Å². The monoisotopic (exact) mass is 694 g/mol. The molecule has 0 saturated carbocycles. The molecule has 17 heteroatoms. The standard InChI is InChI=1S/C32H38O17/c33-6-21-23(35)25(37)27(39)31(47-21)49-30-26(38)24(36)22(7-34)48-32(30)46-17-5-20-19(44-11-45-20)4-13(17)29-15-9-40-28(14(15)8-41-29)12-1-2-16-18(3-12)43-10-42-16/h1-5,14-15,21-39H,6-11H2. The molecule has 0 aromatic heterocycles. The Balaban J connectivity index is 1.08. The fourth-order valence-electron chi connectivity index (χ4n) is 7.32. The predicted molar refractivity (Wildman–Crippen MR) is 157 cm³/mol. The van der Waals surface area contributed by atoms with Crippen molar-refractivity contribution in [1.82, 2.24) is 0 Å². The third-order valence-electron chi connectivity index (χ3n) is 10.0. The zero-order valence-electron chi connectivity index (χ0n) is 25.9. The van der Waals surface area contributed by atoms with Gasteiger partial charge in [-0.3, -0.25) is 0 Å². The van der Waals surface area contributed by atoms with Crippen LogP contribution in [0.15, 0.2) is 30.3 Å². The minimum absolute atomic E-state index is 0.0346. The number of benzene rings is 2. The lowest BCUT2D eigenvalue weighted by Crippen LogP contribution is -2.65. The van der Waals surface area contributed by atoms with Crippen molar-refractivity contribution in [3.05, 3.63) is 41.5 Å². The van der Waals surface area contributed by atoms with Gasteiger partial charge in [-0.1, -0.05) is 6.07 Å². The molecule has 14 atom stereocenters. The van der Waals surface area contributed by atoms with E-state index in [1.807, 2.05) is 18.2 Å². The molecule has 17 nitrogen and oxygen atoms in total. The van der Waals surface area contributed by atoms with E-state index in [-0.39, 0.29) is 37.3 Å². The smallest absolute Gasteiger partial charge is 0.231 e. The van der Waals surface area contributed by atoms with E-state index in [4.69, 9.17) is 47.4 Å². The van der Waals surface area contributed by atoms with Gasteiger partial charge in [-0.15, -0.1) is 0 Å². The quantitative estimate of drug-likeness (QED) is 0.162. The summed E-state index contributed by atoms with van der Waals surface area (Å²) in [5, 5.41) is 72.6. The Bertz CT molecular complexity index is 1510. The summed E-state index contributed by atoms with van der Waals surface area (Å²) in [4.78, 5) is 0. The molecule has 2 aromatic carbocycles. The lowest BCUT2D eigenvalue weighted by molar-refractivity contribution is -0.358. The Hall–Kier alpha value is -3.04. The largest absolute Gasteiger partial charge is 0.461 e. The minimum Gasteiger partial charge on any atom is -0.461 e. The molecule has 4 saturated heterocycles. The van der Waals surface area contributed by atoms with E-state index in [9.17, 15) is 35.7 Å². The lowest BCUT2D eigenvalue weighted by atomic mass is 9.84. The van der Waals surface area contributed by atoms with Crippen molar-refractivity contribution in [1.29, 1.82) is 0 Å². The maximum atomic E-state index is 11.2. The van der Waals surface area contributed by atoms with Gasteiger partial charge in [0.2, 0.25) is 19.9 Å². The Morgan fingerprint density at radius 1 is 0.612 bits per heavy atom. The number of aliphatic hydroxyl groups excluding tert-OH is 7. The Morgan fingerprint density at radius 2 is 1.20 bits per heavy atom. The molecule has 7 N–H and O–H groups in total. The fraction of sp³-hybridized carbons (Fsp3) is 0.625. The average Bonchev–Trinajstić information content (AvgIpc) is 3.92. The van der Waals surface area contributed by atoms with Crippen molar-refractivity contribution < 1.29 is 83.1 Å². The van der Waals surface area contributed by atoms with Crippen molar-refractivity contribution in [3.8, 4) is 28.7 Å². The molecule has 268 valence electrons. The van der Waals surface area contributed by atoms with Gasteiger partial charge in [0.15, 0.2) is 35.4 Å². The number of ether oxygens (including phenoxy) is 10. The van der Waals surface area contributed by atoms with E-state index < -0.39 is 80.7 Å². The third kappa shape index (κ3) is 5.77. The van der Waals surface area contributed by atoms with Crippen LogP contribution in [-0.4, -0.2) is 137 Å². The number of hydrogen-bond donors (Lipinski definition) is 7. The fourth-order valence-corrected chi connectivity index (χ4v) is 7.32. The molecular formula is C32H38O17. The highest BCUT2D eigenvalue weighted by molar-refractivity contribution is 5.53. The SMILES string of the molecule is OCC1OC(OC2C(Oc3cc4c(cc3C3OCC5C(c6ccc7c(c6)OCO7)OCC35)OCO4)OC(CO)C(O)C2O)C(O)C(O)C1O. The molecule has 0 aliphatic carbocycles. The minimum atomic E-state index is -1.82. The van der Waals surface area contributed by atoms with Crippen LogP contribution in [0.5, 0.6) is 28.7 Å². The van der Waals surface area contributed by atoms with Crippen LogP contribution in [0.1, 0.15) is 23.3 Å². The summed E-state index contributed by atoms with van der Waals surface area (Å²) in [5.41, 5.74) is 1.47. The number of rotatable bonds is 8. The third-order valence-corrected chi connectivity index (χ3v) is 10.0. The maximum absolute atomic E-state index is 11.2. The topological polar surface area (TPSA) is 234 Å². The van der Waals surface area contributed by atoms with Crippen LogP contribution < -0.4 is 23.7 Å². The molecule has 49 heavy (non-hydrogen) atoms. The second-order valence-corrected chi connectivity index (χ2v) is 12.8. The van der Waals surface area contributed by atoms with Gasteiger partial charge < -0.3 is 83.1 Å². The number of fused-ring (bicyclic) bond motifs is 3. The van der Waals surface area contributed by atoms with Crippen LogP contribution in [0.4, 0.5) is 0 Å². The zero-order valence-corrected chi connectivity index (χ0v) is 25.9. The van der Waals surface area contributed by atoms with E-state index in [1.54, 1.807) is 12.1 Å². The van der Waals surface area contributed by atoms with Crippen LogP contribution in [0.3, 0.4) is 0 Å². The second-order valence-electron chi connectivity index (χ2n) is 12.8. The summed E-state index contributed by atoms with van der Waals surface area (Å²) in [6.07, 6.45) is -16.9. The van der Waals surface area contributed by atoms with Gasteiger partial charge in [0.05, 0.1) is 38.6 Å². The van der Waals surface area contributed by atoms with Crippen LogP contribution >= 0.6 is 0 Å². The number of hydrogen-bond acceptors (Lipinski definition) is 17. The van der Waals surface area contributed by atoms with Crippen molar-refractivity contribution in [2.75, 3.05) is 40.0 Å². The molecule has 14 unspecified atom stereocenters. The number of aliphatic hydroxyl groups is 7. The second kappa shape index (κ2) is 13.3. The Kier molecular flexibility index (Phi) is 8.96. The van der Waals surface area contributed by atoms with Crippen molar-refractivity contribution in [2.24, 2.45) is 11.8 Å². The Labute approximate surface area is 278 Å². The van der Waals surface area contributed by atoms with Crippen LogP contribution in [-0.2, 0) is 23.7 Å². The molecule has 0 radical (unpaired) electrons. The van der Waals surface area contributed by atoms with E-state index in [0.717, 1.165) is 5.56 Å². The zero-order chi connectivity index (χ0) is 34.0. The van der Waals surface area contributed by atoms with Gasteiger partial charge >= 0.3 is 0 Å². The highest BCUT2D eigenvalue weighted by atomic mass is 16.8. The molecule has 2 aromatic rings. The summed E-state index contributed by atoms with van der Waals surface area (Å²) in [6.45, 7) is -0.556. The van der Waals surface area contributed by atoms with Crippen LogP contribution in [0.2, 0.25) is 0 Å². The first-order valence-electron chi connectivity index (χ1n) is 16.1. The van der Waals surface area contributed by atoms with E-state index >= 15 is 0 Å². The van der Waals surface area contributed by atoms with Gasteiger partial charge in [-0.05, 0) is 23.8 Å². The van der Waals surface area contributed by atoms with Crippen molar-refractivity contribution in [2.45, 2.75) is 73.6 Å². The first-order chi connectivity index (χ1) is 23.7. The molecule has 6 heterocycles. The molecule has 4 fully saturated rings. The molecule has 0 spiro atoms. The van der Waals surface area contributed by atoms with Gasteiger partial charge in [-0.25, -0.2) is 0 Å². The summed E-state index contributed by atoms with van der Waals surface area (Å²) < 4.78 is 58.6. The van der Waals surface area contributed by atoms with E-state index in [1.165, 1.54) is 0 Å². The van der Waals surface area contributed by atoms with Gasteiger partial charge in [-0.2, -0.15) is 0 Å². The highest BCUT2D eigenvalue weighted by Gasteiger charge is 2.53. The van der Waals surface area contributed by atoms with E-state index in [2.05, 4.69) is 0 Å². The summed E-state index contributed by atoms with van der Waals surface area (Å²) in [6, 6.07) is 8.99. The first-order valence-corrected chi connectivity index (χ1v) is 16.1. The van der Waals surface area contributed by atoms with E-state index in [0.29, 0.717) is 41.8 Å². The first kappa shape index (κ1) is 33.1. The van der Waals surface area contributed by atoms with Gasteiger partial charge in [0.25, 0.3) is 0 Å². The van der Waals surface area contributed by atoms with Crippen molar-refractivity contribution in [3.63, 3.8) is 0 Å². The Morgan fingerprint density at radius 3 is 1.92 bits per heavy atom. The summed E-state index contributed by atoms with van der Waals surface area (Å²) in [7, 11) is 0. The molecule has 6 aliphatic rings. The summed E-state index contributed by atoms with van der Waals surface area (Å²) >= 11 is 0. The van der Waals surface area contributed by atoms with Gasteiger partial charge in [0, 0.05) is 23.5 Å². The molecule has 8 rings (SSSR count). The maximum Gasteiger partial charge on any atom is 0.231 e. The molecule has 0 bridgehead atoms. The summed E-state index contributed by atoms with van der Waals surface area (Å²) in [5.74, 6) is 2.15. The van der Waals surface area contributed by atoms with Crippen molar-refractivity contribution >= 4 is 0 Å². The predicted octanol–water partition coefficient (Wildman–Crippen LogP) is -1.78. The average molecular weight is 695 g/mol. The normalized spacial score (nSPS) is 40.8. The highest BCUT2D eigenvalue weighted by Crippen LogP contribution is 2.54. The molecule has 0 amide bonds. The molecular weight excluding hydrogens is 656 g/mol. The van der Waals surface area contributed by atoms with Crippen LogP contribution in [0.25, 0.3) is 0 Å². The molecule has 6 aliphatic heterocycles. The van der Waals surface area contributed by atoms with Gasteiger partial charge in [0.1, 0.15) is 48.5 Å².